The molecule has 0 saturated carbocycles. The number of anilines is 1. The van der Waals surface area contributed by atoms with Crippen molar-refractivity contribution in [3.63, 3.8) is 0 Å². The van der Waals surface area contributed by atoms with Gasteiger partial charge in [0.05, 0.1) is 4.90 Å². The van der Waals surface area contributed by atoms with Crippen LogP contribution in [0.4, 0.5) is 11.4 Å². The Morgan fingerprint density at radius 2 is 1.49 bits per heavy atom. The van der Waals surface area contributed by atoms with Crippen LogP contribution in [0.2, 0.25) is 0 Å². The maximum Gasteiger partial charge on any atom is 1.00 e. The molecule has 70 heavy (non-hydrogen) atoms. The molecule has 2 aliphatic heterocycles. The summed E-state index contributed by atoms with van der Waals surface area (Å²) in [6, 6.07) is 22.0. The van der Waals surface area contributed by atoms with Crippen molar-refractivity contribution in [2.75, 3.05) is 18.0 Å². The number of nitrogens with zero attached hydrogens (tertiary/aromatic N) is 2. The van der Waals surface area contributed by atoms with E-state index in [4.69, 9.17) is 30.0 Å². The topological polar surface area (TPSA) is 192 Å². The molecular formula is C51H62N2Na3O11S3+. The molecule has 19 heteroatoms. The van der Waals surface area contributed by atoms with Crippen LogP contribution in [0.3, 0.4) is 0 Å². The average Bonchev–Trinajstić information content (AvgIpc) is 3.58. The van der Waals surface area contributed by atoms with E-state index < -0.39 is 31.3 Å². The van der Waals surface area contributed by atoms with E-state index >= 15 is 0 Å². The Kier molecular flexibility index (Phi) is 27.2. The van der Waals surface area contributed by atoms with Crippen LogP contribution in [0.1, 0.15) is 123 Å². The number of allylic oxidation sites excluding steroid dienone is 7. The van der Waals surface area contributed by atoms with Gasteiger partial charge in [0.2, 0.25) is 0 Å². The predicted molar refractivity (Wildman–Crippen MR) is 258 cm³/mol. The Morgan fingerprint density at radius 3 is 2.07 bits per heavy atom. The van der Waals surface area contributed by atoms with Gasteiger partial charge >= 0.3 is 110 Å². The number of benzene rings is 3. The van der Waals surface area contributed by atoms with Gasteiger partial charge in [-0.15, -0.1) is 31.3 Å². The first-order chi connectivity index (χ1) is 31.3. The number of aryl methyl sites for hydroxylation is 1. The van der Waals surface area contributed by atoms with Crippen LogP contribution in [0.25, 0.3) is 0 Å². The third-order valence-electron chi connectivity index (χ3n) is 12.2. The van der Waals surface area contributed by atoms with Crippen LogP contribution in [0, 0.1) is 25.3 Å². The molecule has 0 aromatic heterocycles. The van der Waals surface area contributed by atoms with E-state index in [1.807, 2.05) is 26.8 Å². The maximum atomic E-state index is 12.6. The minimum absolute atomic E-state index is 0. The molecule has 0 fully saturated rings. The number of carbonyl (C=O) groups excluding carboxylic acids is 1. The van der Waals surface area contributed by atoms with Crippen molar-refractivity contribution in [2.45, 2.75) is 129 Å². The summed E-state index contributed by atoms with van der Waals surface area (Å²) in [6.45, 7) is 23.1. The van der Waals surface area contributed by atoms with E-state index in [9.17, 15) is 17.8 Å². The molecule has 13 nitrogen and oxygen atoms in total. The maximum absolute atomic E-state index is 12.6. The van der Waals surface area contributed by atoms with Gasteiger partial charge in [-0.1, -0.05) is 84.2 Å². The molecule has 0 unspecified atom stereocenters. The van der Waals surface area contributed by atoms with Gasteiger partial charge in [-0.3, -0.25) is 4.79 Å². The number of carbonyl (C=O) groups is 1. The van der Waals surface area contributed by atoms with Crippen LogP contribution < -0.4 is 98.3 Å². The van der Waals surface area contributed by atoms with Gasteiger partial charge in [-0.2, -0.15) is 24.6 Å². The summed E-state index contributed by atoms with van der Waals surface area (Å²) in [7, 11) is -10.8. The second-order valence-corrected chi connectivity index (χ2v) is 21.0. The minimum Gasteiger partial charge on any atom is -0.744 e. The van der Waals surface area contributed by atoms with E-state index in [-0.39, 0.29) is 110 Å². The van der Waals surface area contributed by atoms with Crippen molar-refractivity contribution >= 4 is 54.2 Å². The van der Waals surface area contributed by atoms with Gasteiger partial charge in [0.1, 0.15) is 39.6 Å². The number of Topliss-reactive ketones (excluding diaryl/α,β-unsaturated/α-hetero) is 1. The number of rotatable bonds is 15. The van der Waals surface area contributed by atoms with Gasteiger partial charge in [0.25, 0.3) is 0 Å². The zero-order chi connectivity index (χ0) is 49.9. The predicted octanol–water partition coefficient (Wildman–Crippen LogP) is 0.551. The summed E-state index contributed by atoms with van der Waals surface area (Å²) in [6.07, 6.45) is 16.7. The standard InChI is InChI=1S/C51H63N2O5S.3Na.2O3S/c1-10-11-33-52-43-21-15-14-20-41(43)50(6,7)45(52)31-24-37-18-17-19-38(48(37)58-39-26-28-40(29-27-39)59(55,56)57)25-32-46-51(8,9)42-35-36(2)23-30-44(42)53(46)34-16-12-13-22-47(54)49(3,4)5;;;;2*1-4(2)3/h15,20-21,23-32,35H,1,10-13,16-19,22,33-34H2,2-9H3,(H,55,56,57);;;;;/q-1;3*+1;;/p-1. The molecule has 6 rings (SSSR count). The number of ketones is 1. The van der Waals surface area contributed by atoms with Crippen molar-refractivity contribution in [2.24, 2.45) is 5.41 Å². The molecule has 362 valence electrons. The summed E-state index contributed by atoms with van der Waals surface area (Å²) in [5, 5.41) is 0. The molecule has 0 spiro atoms. The summed E-state index contributed by atoms with van der Waals surface area (Å²) in [5.41, 5.74) is 9.92. The van der Waals surface area contributed by atoms with E-state index in [0.717, 1.165) is 81.4 Å². The first kappa shape index (κ1) is 65.7. The first-order valence-corrected chi connectivity index (χ1v) is 25.7. The molecule has 2 heterocycles. The van der Waals surface area contributed by atoms with Crippen LogP contribution in [0.5, 0.6) is 5.75 Å². The molecule has 0 N–H and O–H groups in total. The number of unbranched alkanes of at least 4 members (excludes halogenated alkanes) is 3. The second kappa shape index (κ2) is 29.0. The fourth-order valence-electron chi connectivity index (χ4n) is 8.71. The Morgan fingerprint density at radius 1 is 0.857 bits per heavy atom. The van der Waals surface area contributed by atoms with Gasteiger partial charge in [-0.05, 0) is 105 Å². The minimum atomic E-state index is -4.60. The molecule has 0 atom stereocenters. The van der Waals surface area contributed by atoms with Crippen molar-refractivity contribution in [3.8, 4) is 5.75 Å². The largest absolute Gasteiger partial charge is 1.00 e. The zero-order valence-electron chi connectivity index (χ0n) is 42.7. The van der Waals surface area contributed by atoms with Gasteiger partial charge in [0, 0.05) is 46.7 Å². The summed E-state index contributed by atoms with van der Waals surface area (Å²) in [5.74, 6) is 1.52. The molecule has 0 bridgehead atoms. The average molecular weight is 1040 g/mol. The fourth-order valence-corrected chi connectivity index (χ4v) is 9.18. The number of hydrogen-bond acceptors (Lipinski definition) is 12. The molecule has 0 saturated heterocycles. The summed E-state index contributed by atoms with van der Waals surface area (Å²) in [4.78, 5) is 14.8. The monoisotopic (exact) mass is 1040 g/mol. The zero-order valence-corrected chi connectivity index (χ0v) is 51.1. The van der Waals surface area contributed by atoms with Crippen molar-refractivity contribution in [1.82, 2.24) is 0 Å². The smallest absolute Gasteiger partial charge is 0.744 e. The fraction of sp³-hybridized carbons (Fsp3) is 0.431. The molecular weight excluding hydrogens is 982 g/mol. The van der Waals surface area contributed by atoms with Gasteiger partial charge in [-0.25, -0.2) is 13.0 Å². The quantitative estimate of drug-likeness (QED) is 0.0677. The molecule has 3 aromatic carbocycles. The second-order valence-electron chi connectivity index (χ2n) is 18.8. The Bertz CT molecular complexity index is 2790. The van der Waals surface area contributed by atoms with Crippen molar-refractivity contribution in [1.29, 1.82) is 0 Å². The Hall–Kier alpha value is -2.29. The van der Waals surface area contributed by atoms with Crippen LogP contribution in [-0.2, 0) is 47.0 Å². The summed E-state index contributed by atoms with van der Waals surface area (Å²) >= 11 is 0. The van der Waals surface area contributed by atoms with E-state index in [1.165, 1.54) is 51.6 Å². The third kappa shape index (κ3) is 18.0. The number of fused-ring (bicyclic) bond motifs is 2. The van der Waals surface area contributed by atoms with Crippen LogP contribution >= 0.6 is 0 Å². The number of ether oxygens (including phenoxy) is 1. The Labute approximate surface area is 485 Å². The first-order valence-electron chi connectivity index (χ1n) is 22.3. The Balaban J connectivity index is 0.00000207. The van der Waals surface area contributed by atoms with Crippen molar-refractivity contribution in [3.05, 3.63) is 137 Å². The molecule has 0 radical (unpaired) electrons. The molecule has 3 aromatic rings. The van der Waals surface area contributed by atoms with Gasteiger partial charge in [0.15, 0.2) is 5.71 Å². The van der Waals surface area contributed by atoms with Crippen molar-refractivity contribution < 1.29 is 141 Å². The van der Waals surface area contributed by atoms with Crippen LogP contribution in [-0.4, -0.2) is 67.4 Å². The normalized spacial score (nSPS) is 16.7. The summed E-state index contributed by atoms with van der Waals surface area (Å²) < 4.78 is 95.1. The van der Waals surface area contributed by atoms with E-state index in [1.54, 1.807) is 12.1 Å². The molecule has 3 aliphatic rings. The number of hydrogen-bond donors (Lipinski definition) is 0. The molecule has 1 aliphatic carbocycles. The third-order valence-corrected chi connectivity index (χ3v) is 13.1. The molecule has 0 amide bonds. The van der Waals surface area contributed by atoms with E-state index in [0.29, 0.717) is 18.0 Å². The van der Waals surface area contributed by atoms with Gasteiger partial charge < -0.3 is 21.1 Å². The van der Waals surface area contributed by atoms with E-state index in [2.05, 4.69) is 112 Å². The van der Waals surface area contributed by atoms with Crippen LogP contribution in [0.15, 0.2) is 112 Å². The SMILES string of the molecule is O=S(=O)=O.O=S(=O)=O.[CH2-]CCC[N+]1=C(C=CC2=C(Oc3ccc(S(=O)(=O)[O-])cc3)C(=CC=C3N(CCCCCC(=O)C(C)(C)C)c4ccc(C)cc4C3(C)C)CCC2)C(C)(C)c2c[c-]ccc21.[Na+].[Na+].[Na+].